The molecule has 90 valence electrons. The van der Waals surface area contributed by atoms with Crippen molar-refractivity contribution in [1.82, 2.24) is 0 Å². The van der Waals surface area contributed by atoms with Gasteiger partial charge < -0.3 is 10.4 Å². The third kappa shape index (κ3) is 2.53. The maximum atomic E-state index is 11.6. The van der Waals surface area contributed by atoms with E-state index in [2.05, 4.69) is 5.32 Å². The molecule has 1 saturated carbocycles. The number of phenolic OH excluding ortho intramolecular Hbond substituents is 1. The van der Waals surface area contributed by atoms with E-state index in [1.54, 1.807) is 0 Å². The number of aromatic hydroxyl groups is 1. The minimum atomic E-state index is -0.309. The molecule has 1 aliphatic rings. The van der Waals surface area contributed by atoms with Crippen molar-refractivity contribution in [2.75, 3.05) is 5.32 Å². The number of rotatable bonds is 2. The monoisotopic (exact) mass is 273 g/mol. The highest BCUT2D eigenvalue weighted by Crippen LogP contribution is 2.34. The Hall–Kier alpha value is -1.26. The van der Waals surface area contributed by atoms with E-state index in [9.17, 15) is 14.7 Å². The number of halogens is 2. The molecule has 0 aliphatic heterocycles. The van der Waals surface area contributed by atoms with Crippen LogP contribution in [0.2, 0.25) is 10.0 Å². The smallest absolute Gasteiger partial charge is 0.228 e. The van der Waals surface area contributed by atoms with E-state index in [4.69, 9.17) is 23.2 Å². The van der Waals surface area contributed by atoms with Gasteiger partial charge in [0.15, 0.2) is 0 Å². The summed E-state index contributed by atoms with van der Waals surface area (Å²) in [7, 11) is 0. The Labute approximate surface area is 108 Å². The zero-order valence-corrected chi connectivity index (χ0v) is 10.2. The van der Waals surface area contributed by atoms with Crippen LogP contribution in [0.15, 0.2) is 12.1 Å². The van der Waals surface area contributed by atoms with Crippen molar-refractivity contribution in [1.29, 1.82) is 0 Å². The first-order valence-electron chi connectivity index (χ1n) is 4.98. The lowest BCUT2D eigenvalue weighted by molar-refractivity contribution is -0.135. The predicted molar refractivity (Wildman–Crippen MR) is 64.5 cm³/mol. The molecule has 1 aliphatic carbocycles. The van der Waals surface area contributed by atoms with Crippen molar-refractivity contribution in [2.24, 2.45) is 5.92 Å². The first-order valence-corrected chi connectivity index (χ1v) is 5.73. The van der Waals surface area contributed by atoms with E-state index >= 15 is 0 Å². The lowest BCUT2D eigenvalue weighted by Crippen LogP contribution is -2.34. The van der Waals surface area contributed by atoms with E-state index in [1.165, 1.54) is 12.1 Å². The Kier molecular flexibility index (Phi) is 3.26. The summed E-state index contributed by atoms with van der Waals surface area (Å²) >= 11 is 11.5. The molecule has 0 saturated heterocycles. The Morgan fingerprint density at radius 2 is 1.88 bits per heavy atom. The number of Topliss-reactive ketones (excluding diaryl/α,β-unsaturated/α-hetero) is 1. The highest BCUT2D eigenvalue weighted by atomic mass is 35.5. The normalized spacial score (nSPS) is 15.5. The van der Waals surface area contributed by atoms with Gasteiger partial charge in [-0.3, -0.25) is 9.59 Å². The van der Waals surface area contributed by atoms with E-state index < -0.39 is 0 Å². The molecule has 2 N–H and O–H groups in total. The van der Waals surface area contributed by atoms with Crippen LogP contribution in [-0.4, -0.2) is 16.8 Å². The number of carbonyl (C=O) groups excluding carboxylic acids is 2. The fourth-order valence-corrected chi connectivity index (χ4v) is 1.87. The Morgan fingerprint density at radius 1 is 1.29 bits per heavy atom. The molecule has 0 spiro atoms. The molecule has 17 heavy (non-hydrogen) atoms. The summed E-state index contributed by atoms with van der Waals surface area (Å²) in [4.78, 5) is 22.4. The highest BCUT2D eigenvalue weighted by molar-refractivity contribution is 6.42. The molecule has 1 aromatic carbocycles. The van der Waals surface area contributed by atoms with Crippen LogP contribution < -0.4 is 5.32 Å². The van der Waals surface area contributed by atoms with Gasteiger partial charge in [0.05, 0.1) is 21.7 Å². The number of carbonyl (C=O) groups is 2. The van der Waals surface area contributed by atoms with Crippen LogP contribution in [0.3, 0.4) is 0 Å². The van der Waals surface area contributed by atoms with Crippen molar-refractivity contribution >= 4 is 40.6 Å². The van der Waals surface area contributed by atoms with Gasteiger partial charge in [-0.15, -0.1) is 0 Å². The second-order valence-electron chi connectivity index (χ2n) is 3.92. The van der Waals surface area contributed by atoms with Crippen molar-refractivity contribution < 1.29 is 14.7 Å². The largest absolute Gasteiger partial charge is 0.506 e. The number of hydrogen-bond acceptors (Lipinski definition) is 3. The van der Waals surface area contributed by atoms with Crippen LogP contribution in [0, 0.1) is 5.92 Å². The van der Waals surface area contributed by atoms with E-state index in [-0.39, 0.29) is 51.9 Å². The Bertz CT molecular complexity index is 494. The zero-order chi connectivity index (χ0) is 12.6. The molecule has 0 aromatic heterocycles. The molecule has 1 aromatic rings. The topological polar surface area (TPSA) is 66.4 Å². The quantitative estimate of drug-likeness (QED) is 0.814. The second kappa shape index (κ2) is 4.55. The van der Waals surface area contributed by atoms with Gasteiger partial charge in [0.25, 0.3) is 0 Å². The molecule has 0 unspecified atom stereocenters. The van der Waals surface area contributed by atoms with Gasteiger partial charge in [0.2, 0.25) is 5.91 Å². The molecule has 0 radical (unpaired) electrons. The number of nitrogens with one attached hydrogen (secondary N) is 1. The average Bonchev–Trinajstić information content (AvgIpc) is 2.21. The molecule has 0 heterocycles. The molecule has 0 atom stereocenters. The van der Waals surface area contributed by atoms with Gasteiger partial charge >= 0.3 is 0 Å². The van der Waals surface area contributed by atoms with Crippen molar-refractivity contribution in [2.45, 2.75) is 12.8 Å². The fraction of sp³-hybridized carbons (Fsp3) is 0.273. The second-order valence-corrected chi connectivity index (χ2v) is 4.73. The van der Waals surface area contributed by atoms with Gasteiger partial charge in [-0.2, -0.15) is 0 Å². The standard InChI is InChI=1S/C11H9Cl2NO3/c12-7-3-9(10(16)4-8(7)13)14-11(17)5-1-6(15)2-5/h3-5,16H,1-2H2,(H,14,17). The molecule has 4 nitrogen and oxygen atoms in total. The molecular weight excluding hydrogens is 265 g/mol. The third-order valence-corrected chi connectivity index (χ3v) is 3.34. The summed E-state index contributed by atoms with van der Waals surface area (Å²) in [5.74, 6) is -0.684. The summed E-state index contributed by atoms with van der Waals surface area (Å²) in [6.07, 6.45) is 0.516. The lowest BCUT2D eigenvalue weighted by Gasteiger charge is -2.23. The highest BCUT2D eigenvalue weighted by Gasteiger charge is 2.33. The summed E-state index contributed by atoms with van der Waals surface area (Å²) < 4.78 is 0. The Balaban J connectivity index is 2.11. The fourth-order valence-electron chi connectivity index (χ4n) is 1.55. The van der Waals surface area contributed by atoms with Crippen molar-refractivity contribution in [3.8, 4) is 5.75 Å². The van der Waals surface area contributed by atoms with Gasteiger partial charge in [0.1, 0.15) is 11.5 Å². The number of hydrogen-bond donors (Lipinski definition) is 2. The molecule has 6 heteroatoms. The summed E-state index contributed by atoms with van der Waals surface area (Å²) in [5.41, 5.74) is 0.198. The molecule has 2 rings (SSSR count). The first kappa shape index (κ1) is 12.2. The number of amides is 1. The van der Waals surface area contributed by atoms with Crippen LogP contribution >= 0.6 is 23.2 Å². The predicted octanol–water partition coefficient (Wildman–Crippen LogP) is 2.62. The molecule has 1 fully saturated rings. The minimum absolute atomic E-state index is 0.0727. The summed E-state index contributed by atoms with van der Waals surface area (Å²) in [6.45, 7) is 0. The molecule has 1 amide bonds. The summed E-state index contributed by atoms with van der Waals surface area (Å²) in [6, 6.07) is 2.63. The number of phenols is 1. The van der Waals surface area contributed by atoms with Gasteiger partial charge in [-0.25, -0.2) is 0 Å². The van der Waals surface area contributed by atoms with E-state index in [0.29, 0.717) is 0 Å². The van der Waals surface area contributed by atoms with Crippen LogP contribution in [0.1, 0.15) is 12.8 Å². The molecule has 0 bridgehead atoms. The third-order valence-electron chi connectivity index (χ3n) is 2.62. The van der Waals surface area contributed by atoms with Crippen LogP contribution in [0.5, 0.6) is 5.75 Å². The average molecular weight is 274 g/mol. The van der Waals surface area contributed by atoms with Gasteiger partial charge in [-0.1, -0.05) is 23.2 Å². The maximum Gasteiger partial charge on any atom is 0.228 e. The van der Waals surface area contributed by atoms with Crippen molar-refractivity contribution in [3.63, 3.8) is 0 Å². The zero-order valence-electron chi connectivity index (χ0n) is 8.67. The van der Waals surface area contributed by atoms with E-state index in [1.807, 2.05) is 0 Å². The lowest BCUT2D eigenvalue weighted by atomic mass is 9.83. The van der Waals surface area contributed by atoms with E-state index in [0.717, 1.165) is 0 Å². The van der Waals surface area contributed by atoms with Gasteiger partial charge in [0, 0.05) is 18.9 Å². The SMILES string of the molecule is O=C1CC(C(=O)Nc2cc(Cl)c(Cl)cc2O)C1. The van der Waals surface area contributed by atoms with Crippen LogP contribution in [0.25, 0.3) is 0 Å². The van der Waals surface area contributed by atoms with Crippen molar-refractivity contribution in [3.05, 3.63) is 22.2 Å². The molecular formula is C11H9Cl2NO3. The summed E-state index contributed by atoms with van der Waals surface area (Å²) in [5, 5.41) is 12.5. The van der Waals surface area contributed by atoms with Crippen LogP contribution in [-0.2, 0) is 9.59 Å². The Morgan fingerprint density at radius 3 is 2.47 bits per heavy atom. The number of ketones is 1. The minimum Gasteiger partial charge on any atom is -0.506 e. The number of benzene rings is 1. The van der Waals surface area contributed by atoms with Gasteiger partial charge in [-0.05, 0) is 6.07 Å². The maximum absolute atomic E-state index is 11.6. The first-order chi connectivity index (χ1) is 7.97. The van der Waals surface area contributed by atoms with Crippen LogP contribution in [0.4, 0.5) is 5.69 Å². The number of anilines is 1.